The molecule has 4 nitrogen and oxygen atoms in total. The van der Waals surface area contributed by atoms with E-state index < -0.39 is 0 Å². The number of thioether (sulfide) groups is 1. The number of benzene rings is 2. The van der Waals surface area contributed by atoms with Crippen LogP contribution in [0.5, 0.6) is 0 Å². The van der Waals surface area contributed by atoms with E-state index in [0.717, 1.165) is 33.5 Å². The molecule has 2 aromatic carbocycles. The maximum Gasteiger partial charge on any atom is 0.251 e. The molecular weight excluding hydrogens is 332 g/mol. The standard InChI is InChI=1S/C20H20N2O2S/c1-3-14-8-4-6-10-16(14)21-19(23)13-25-18-12-20(24)22(2)17-11-7-5-9-15(17)18/h4-12H,3,13H2,1-2H3,(H,21,23). The van der Waals surface area contributed by atoms with Gasteiger partial charge < -0.3 is 9.88 Å². The number of pyridine rings is 1. The molecule has 0 bridgehead atoms. The molecule has 0 aliphatic rings. The van der Waals surface area contributed by atoms with E-state index in [-0.39, 0.29) is 17.2 Å². The van der Waals surface area contributed by atoms with Crippen LogP contribution in [0.2, 0.25) is 0 Å². The van der Waals surface area contributed by atoms with Gasteiger partial charge in [-0.15, -0.1) is 11.8 Å². The molecule has 0 radical (unpaired) electrons. The van der Waals surface area contributed by atoms with E-state index in [9.17, 15) is 9.59 Å². The Labute approximate surface area is 150 Å². The molecule has 1 amide bonds. The summed E-state index contributed by atoms with van der Waals surface area (Å²) in [6.45, 7) is 2.06. The van der Waals surface area contributed by atoms with Gasteiger partial charge in [-0.05, 0) is 24.1 Å². The number of aryl methyl sites for hydroxylation is 2. The van der Waals surface area contributed by atoms with Gasteiger partial charge in [-0.25, -0.2) is 0 Å². The van der Waals surface area contributed by atoms with Crippen molar-refractivity contribution in [1.29, 1.82) is 0 Å². The van der Waals surface area contributed by atoms with E-state index in [1.54, 1.807) is 17.7 Å². The Kier molecular flexibility index (Phi) is 5.24. The van der Waals surface area contributed by atoms with Gasteiger partial charge in [-0.1, -0.05) is 43.3 Å². The van der Waals surface area contributed by atoms with Crippen LogP contribution in [0.15, 0.2) is 64.3 Å². The quantitative estimate of drug-likeness (QED) is 0.710. The number of amides is 1. The molecule has 128 valence electrons. The number of hydrogen-bond donors (Lipinski definition) is 1. The Hall–Kier alpha value is -2.53. The minimum Gasteiger partial charge on any atom is -0.325 e. The molecule has 1 heterocycles. The van der Waals surface area contributed by atoms with E-state index >= 15 is 0 Å². The van der Waals surface area contributed by atoms with Gasteiger partial charge in [0.15, 0.2) is 0 Å². The fraction of sp³-hybridized carbons (Fsp3) is 0.200. The van der Waals surface area contributed by atoms with Gasteiger partial charge in [0.2, 0.25) is 5.91 Å². The Morgan fingerprint density at radius 1 is 1.12 bits per heavy atom. The molecule has 3 rings (SSSR count). The molecule has 0 unspecified atom stereocenters. The predicted octanol–water partition coefficient (Wildman–Crippen LogP) is 3.83. The Morgan fingerprint density at radius 2 is 1.84 bits per heavy atom. The summed E-state index contributed by atoms with van der Waals surface area (Å²) < 4.78 is 1.62. The third-order valence-electron chi connectivity index (χ3n) is 4.15. The molecule has 0 saturated heterocycles. The van der Waals surface area contributed by atoms with E-state index in [4.69, 9.17) is 0 Å². The van der Waals surface area contributed by atoms with Crippen LogP contribution in [0.1, 0.15) is 12.5 Å². The van der Waals surface area contributed by atoms with Gasteiger partial charge in [0.05, 0.1) is 11.3 Å². The summed E-state index contributed by atoms with van der Waals surface area (Å²) in [5, 5.41) is 3.95. The van der Waals surface area contributed by atoms with Crippen LogP contribution in [0.25, 0.3) is 10.9 Å². The number of nitrogens with zero attached hydrogens (tertiary/aromatic N) is 1. The average Bonchev–Trinajstić information content (AvgIpc) is 2.64. The van der Waals surface area contributed by atoms with Crippen LogP contribution in [-0.2, 0) is 18.3 Å². The maximum absolute atomic E-state index is 12.3. The first kappa shape index (κ1) is 17.3. The van der Waals surface area contributed by atoms with Crippen LogP contribution in [0.4, 0.5) is 5.69 Å². The first-order valence-electron chi connectivity index (χ1n) is 8.19. The zero-order valence-electron chi connectivity index (χ0n) is 14.3. The van der Waals surface area contributed by atoms with E-state index in [1.165, 1.54) is 11.8 Å². The highest BCUT2D eigenvalue weighted by Crippen LogP contribution is 2.26. The molecule has 0 spiro atoms. The second-order valence-electron chi connectivity index (χ2n) is 5.77. The third kappa shape index (κ3) is 3.77. The number of carbonyl (C=O) groups is 1. The van der Waals surface area contributed by atoms with Gasteiger partial charge >= 0.3 is 0 Å². The summed E-state index contributed by atoms with van der Waals surface area (Å²) >= 11 is 1.39. The molecule has 0 atom stereocenters. The smallest absolute Gasteiger partial charge is 0.251 e. The van der Waals surface area contributed by atoms with Gasteiger partial charge in [-0.3, -0.25) is 9.59 Å². The summed E-state index contributed by atoms with van der Waals surface area (Å²) in [6, 6.07) is 17.1. The molecule has 0 saturated carbocycles. The zero-order chi connectivity index (χ0) is 17.8. The highest BCUT2D eigenvalue weighted by molar-refractivity contribution is 8.00. The molecule has 1 aromatic heterocycles. The third-order valence-corrected chi connectivity index (χ3v) is 5.20. The number of hydrogen-bond acceptors (Lipinski definition) is 3. The molecule has 25 heavy (non-hydrogen) atoms. The molecule has 5 heteroatoms. The van der Waals surface area contributed by atoms with Crippen LogP contribution in [0, 0.1) is 0 Å². The number of carbonyl (C=O) groups excluding carboxylic acids is 1. The van der Waals surface area contributed by atoms with Crippen LogP contribution in [-0.4, -0.2) is 16.2 Å². The second kappa shape index (κ2) is 7.57. The van der Waals surface area contributed by atoms with Crippen LogP contribution in [0.3, 0.4) is 0 Å². The van der Waals surface area contributed by atoms with Gasteiger partial charge in [0.1, 0.15) is 0 Å². The maximum atomic E-state index is 12.3. The van der Waals surface area contributed by atoms with Crippen molar-refractivity contribution in [2.24, 2.45) is 7.05 Å². The first-order chi connectivity index (χ1) is 12.1. The minimum atomic E-state index is -0.0735. The molecule has 1 N–H and O–H groups in total. The normalized spacial score (nSPS) is 10.8. The lowest BCUT2D eigenvalue weighted by Crippen LogP contribution is -2.17. The Balaban J connectivity index is 1.78. The van der Waals surface area contributed by atoms with Crippen LogP contribution < -0.4 is 10.9 Å². The minimum absolute atomic E-state index is 0.0714. The summed E-state index contributed by atoms with van der Waals surface area (Å²) in [6.07, 6.45) is 0.864. The number of para-hydroxylation sites is 2. The van der Waals surface area contributed by atoms with Gasteiger partial charge in [-0.2, -0.15) is 0 Å². The SMILES string of the molecule is CCc1ccccc1NC(=O)CSc1cc(=O)n(C)c2ccccc12. The topological polar surface area (TPSA) is 51.1 Å². The van der Waals surface area contributed by atoms with Crippen molar-refractivity contribution in [3.63, 3.8) is 0 Å². The van der Waals surface area contributed by atoms with E-state index in [0.29, 0.717) is 0 Å². The fourth-order valence-electron chi connectivity index (χ4n) is 2.78. The molecule has 0 aliphatic heterocycles. The number of rotatable bonds is 5. The largest absolute Gasteiger partial charge is 0.325 e. The predicted molar refractivity (Wildman–Crippen MR) is 104 cm³/mol. The molecule has 0 fully saturated rings. The van der Waals surface area contributed by atoms with Gasteiger partial charge in [0.25, 0.3) is 5.56 Å². The van der Waals surface area contributed by atoms with Crippen LogP contribution >= 0.6 is 11.8 Å². The van der Waals surface area contributed by atoms with E-state index in [1.807, 2.05) is 48.5 Å². The van der Waals surface area contributed by atoms with Crippen molar-refractivity contribution in [1.82, 2.24) is 4.57 Å². The van der Waals surface area contributed by atoms with Gasteiger partial charge in [0, 0.05) is 29.1 Å². The monoisotopic (exact) mass is 352 g/mol. The number of fused-ring (bicyclic) bond motifs is 1. The number of aromatic nitrogens is 1. The zero-order valence-corrected chi connectivity index (χ0v) is 15.1. The first-order valence-corrected chi connectivity index (χ1v) is 9.18. The lowest BCUT2D eigenvalue weighted by molar-refractivity contribution is -0.113. The summed E-state index contributed by atoms with van der Waals surface area (Å²) in [5.41, 5.74) is 2.76. The molecule has 3 aromatic rings. The average molecular weight is 352 g/mol. The molecular formula is C20H20N2O2S. The highest BCUT2D eigenvalue weighted by Gasteiger charge is 2.10. The van der Waals surface area contributed by atoms with Crippen molar-refractivity contribution < 1.29 is 4.79 Å². The Morgan fingerprint density at radius 3 is 2.64 bits per heavy atom. The Bertz CT molecular complexity index is 979. The van der Waals surface area contributed by atoms with Crippen molar-refractivity contribution in [3.8, 4) is 0 Å². The molecule has 0 aliphatic carbocycles. The lowest BCUT2D eigenvalue weighted by atomic mass is 10.1. The number of anilines is 1. The summed E-state index contributed by atoms with van der Waals surface area (Å²) in [5.74, 6) is 0.186. The van der Waals surface area contributed by atoms with Crippen molar-refractivity contribution >= 4 is 34.3 Å². The summed E-state index contributed by atoms with van der Waals surface area (Å²) in [7, 11) is 1.76. The van der Waals surface area contributed by atoms with E-state index in [2.05, 4.69) is 12.2 Å². The lowest BCUT2D eigenvalue weighted by Gasteiger charge is -2.11. The second-order valence-corrected chi connectivity index (χ2v) is 6.79. The fourth-order valence-corrected chi connectivity index (χ4v) is 3.65. The summed E-state index contributed by atoms with van der Waals surface area (Å²) in [4.78, 5) is 25.3. The van der Waals surface area contributed by atoms with Crippen molar-refractivity contribution in [3.05, 3.63) is 70.5 Å². The number of nitrogens with one attached hydrogen (secondary N) is 1. The highest BCUT2D eigenvalue weighted by atomic mass is 32.2. The van der Waals surface area contributed by atoms with Crippen molar-refractivity contribution in [2.45, 2.75) is 18.2 Å². The van der Waals surface area contributed by atoms with Crippen molar-refractivity contribution in [2.75, 3.05) is 11.1 Å².